The van der Waals surface area contributed by atoms with E-state index in [0.717, 1.165) is 36.9 Å². The summed E-state index contributed by atoms with van der Waals surface area (Å²) in [6.45, 7) is 0.728. The first-order valence-electron chi connectivity index (χ1n) is 9.98. The Morgan fingerprint density at radius 2 is 2.07 bits per heavy atom. The third-order valence-corrected chi connectivity index (χ3v) is 6.67. The van der Waals surface area contributed by atoms with Gasteiger partial charge in [0.2, 0.25) is 0 Å². The van der Waals surface area contributed by atoms with Crippen LogP contribution in [0, 0.1) is 5.82 Å². The first-order chi connectivity index (χ1) is 14.4. The normalized spacial score (nSPS) is 16.8. The first-order valence-corrected chi connectivity index (χ1v) is 11.5. The number of fused-ring (bicyclic) bond motifs is 1. The van der Waals surface area contributed by atoms with E-state index in [9.17, 15) is 12.8 Å². The molecule has 30 heavy (non-hydrogen) atoms. The van der Waals surface area contributed by atoms with E-state index in [2.05, 4.69) is 27.2 Å². The second-order valence-corrected chi connectivity index (χ2v) is 9.36. The Hall–Kier alpha value is -2.55. The third-order valence-electron chi connectivity index (χ3n) is 5.39. The molecule has 3 aromatic rings. The van der Waals surface area contributed by atoms with Crippen molar-refractivity contribution in [1.29, 1.82) is 0 Å². The Morgan fingerprint density at radius 1 is 1.27 bits per heavy atom. The molecule has 0 saturated carbocycles. The van der Waals surface area contributed by atoms with Gasteiger partial charge in [-0.15, -0.1) is 0 Å². The van der Waals surface area contributed by atoms with Crippen LogP contribution in [0.5, 0.6) is 0 Å². The molecule has 1 aliphatic rings. The van der Waals surface area contributed by atoms with Crippen molar-refractivity contribution in [3.63, 3.8) is 0 Å². The molecule has 0 bridgehead atoms. The lowest BCUT2D eigenvalue weighted by Gasteiger charge is -2.20. The average molecular weight is 429 g/mol. The monoisotopic (exact) mass is 428 g/mol. The van der Waals surface area contributed by atoms with E-state index in [-0.39, 0.29) is 17.6 Å². The number of aromatic nitrogens is 2. The summed E-state index contributed by atoms with van der Waals surface area (Å²) in [5.74, 6) is -0.391. The van der Waals surface area contributed by atoms with Gasteiger partial charge in [0.15, 0.2) is 5.03 Å². The van der Waals surface area contributed by atoms with Crippen molar-refractivity contribution >= 4 is 10.0 Å². The van der Waals surface area contributed by atoms with Gasteiger partial charge in [0.1, 0.15) is 5.82 Å². The molecule has 0 spiro atoms. The second kappa shape index (κ2) is 8.67. The van der Waals surface area contributed by atoms with Crippen LogP contribution in [0.15, 0.2) is 60.0 Å². The fourth-order valence-corrected chi connectivity index (χ4v) is 4.81. The minimum Gasteiger partial charge on any atom is -0.339 e. The van der Waals surface area contributed by atoms with Gasteiger partial charge in [-0.05, 0) is 54.6 Å². The summed E-state index contributed by atoms with van der Waals surface area (Å²) < 4.78 is 43.7. The maximum Gasteiger partial charge on any atom is 0.259 e. The van der Waals surface area contributed by atoms with Crippen molar-refractivity contribution < 1.29 is 12.8 Å². The third kappa shape index (κ3) is 4.61. The number of hydrogen-bond acceptors (Lipinski definition) is 4. The van der Waals surface area contributed by atoms with Gasteiger partial charge in [-0.3, -0.25) is 0 Å². The van der Waals surface area contributed by atoms with E-state index >= 15 is 0 Å². The van der Waals surface area contributed by atoms with Gasteiger partial charge >= 0.3 is 0 Å². The lowest BCUT2D eigenvalue weighted by Crippen LogP contribution is -2.25. The molecule has 1 atom stereocenters. The molecule has 2 N–H and O–H groups in total. The number of hydrogen-bond donors (Lipinski definition) is 2. The number of rotatable bonds is 6. The quantitative estimate of drug-likeness (QED) is 0.633. The molecule has 8 heteroatoms. The standard InChI is InChI=1S/C22H25FN4O2S/c1-27-14-22(25-15-27)30(28,29)26-13-18-11-19-17(12-20(18)23)8-5-9-24-21(19)10-16-6-3-2-4-7-16/h2-4,6-7,11-12,14-15,21,24,26H,5,8-10,13H2,1H3. The van der Waals surface area contributed by atoms with Gasteiger partial charge in [0.05, 0.1) is 6.33 Å². The Balaban J connectivity index is 1.59. The summed E-state index contributed by atoms with van der Waals surface area (Å²) in [7, 11) is -2.12. The molecular formula is C22H25FN4O2S. The zero-order valence-corrected chi connectivity index (χ0v) is 17.6. The van der Waals surface area contributed by atoms with Crippen LogP contribution in [0.4, 0.5) is 4.39 Å². The van der Waals surface area contributed by atoms with Crippen LogP contribution in [0.1, 0.15) is 34.7 Å². The van der Waals surface area contributed by atoms with Crippen LogP contribution in [0.3, 0.4) is 0 Å². The number of nitrogens with zero attached hydrogens (tertiary/aromatic N) is 2. The highest BCUT2D eigenvalue weighted by atomic mass is 32.2. The minimum absolute atomic E-state index is 0.0525. The van der Waals surface area contributed by atoms with Crippen molar-refractivity contribution in [3.8, 4) is 0 Å². The SMILES string of the molecule is Cn1cnc(S(=O)(=O)NCc2cc3c(cc2F)CCCNC3Cc2ccccc2)c1. The van der Waals surface area contributed by atoms with Gasteiger partial charge in [-0.2, -0.15) is 0 Å². The fraction of sp³-hybridized carbons (Fsp3) is 0.318. The van der Waals surface area contributed by atoms with Gasteiger partial charge in [0.25, 0.3) is 10.0 Å². The summed E-state index contributed by atoms with van der Waals surface area (Å²) in [6, 6.07) is 13.6. The smallest absolute Gasteiger partial charge is 0.259 e. The van der Waals surface area contributed by atoms with Crippen molar-refractivity contribution in [2.75, 3.05) is 6.54 Å². The van der Waals surface area contributed by atoms with Crippen LogP contribution in [0.25, 0.3) is 0 Å². The Labute approximate surface area is 176 Å². The number of aryl methyl sites for hydroxylation is 2. The van der Waals surface area contributed by atoms with E-state index < -0.39 is 15.8 Å². The molecule has 6 nitrogen and oxygen atoms in total. The summed E-state index contributed by atoms with van der Waals surface area (Å²) in [4.78, 5) is 3.87. The van der Waals surface area contributed by atoms with Crippen molar-refractivity contribution in [2.24, 2.45) is 7.05 Å². The van der Waals surface area contributed by atoms with Crippen LogP contribution in [0.2, 0.25) is 0 Å². The van der Waals surface area contributed by atoms with Crippen LogP contribution >= 0.6 is 0 Å². The van der Waals surface area contributed by atoms with Crippen molar-refractivity contribution in [2.45, 2.75) is 36.9 Å². The van der Waals surface area contributed by atoms with Gasteiger partial charge < -0.3 is 9.88 Å². The highest BCUT2D eigenvalue weighted by Crippen LogP contribution is 2.28. The van der Waals surface area contributed by atoms with Crippen molar-refractivity contribution in [1.82, 2.24) is 19.6 Å². The van der Waals surface area contributed by atoms with E-state index in [1.54, 1.807) is 23.7 Å². The number of nitrogens with one attached hydrogen (secondary N) is 2. The number of imidazole rings is 1. The molecule has 2 heterocycles. The van der Waals surface area contributed by atoms with E-state index in [0.29, 0.717) is 5.56 Å². The molecule has 0 saturated heterocycles. The van der Waals surface area contributed by atoms with E-state index in [1.807, 2.05) is 18.2 Å². The Kier molecular flexibility index (Phi) is 5.99. The maximum atomic E-state index is 14.8. The summed E-state index contributed by atoms with van der Waals surface area (Å²) in [5.41, 5.74) is 3.54. The highest BCUT2D eigenvalue weighted by molar-refractivity contribution is 7.89. The maximum absolute atomic E-state index is 14.8. The van der Waals surface area contributed by atoms with Crippen LogP contribution in [-0.4, -0.2) is 24.5 Å². The number of halogens is 1. The summed E-state index contributed by atoms with van der Waals surface area (Å²) in [6.07, 6.45) is 5.35. The van der Waals surface area contributed by atoms with E-state index in [1.165, 1.54) is 18.1 Å². The molecular weight excluding hydrogens is 403 g/mol. The van der Waals surface area contributed by atoms with Crippen LogP contribution in [-0.2, 0) is 36.5 Å². The lowest BCUT2D eigenvalue weighted by molar-refractivity contribution is 0.537. The molecule has 1 aliphatic heterocycles. The largest absolute Gasteiger partial charge is 0.339 e. The molecule has 0 fully saturated rings. The molecule has 1 unspecified atom stereocenters. The molecule has 4 rings (SSSR count). The van der Waals surface area contributed by atoms with Crippen molar-refractivity contribution in [3.05, 3.63) is 83.1 Å². The predicted octanol–water partition coefficient (Wildman–Crippen LogP) is 2.86. The average Bonchev–Trinajstić information content (AvgIpc) is 3.09. The molecule has 158 valence electrons. The molecule has 0 aliphatic carbocycles. The van der Waals surface area contributed by atoms with Gasteiger partial charge in [-0.1, -0.05) is 30.3 Å². The zero-order chi connectivity index (χ0) is 21.1. The summed E-state index contributed by atoms with van der Waals surface area (Å²) in [5, 5.41) is 3.48. The minimum atomic E-state index is -3.81. The molecule has 2 aromatic carbocycles. The number of sulfonamides is 1. The predicted molar refractivity (Wildman–Crippen MR) is 113 cm³/mol. The Bertz CT molecular complexity index is 1130. The molecule has 0 radical (unpaired) electrons. The summed E-state index contributed by atoms with van der Waals surface area (Å²) >= 11 is 0. The van der Waals surface area contributed by atoms with E-state index in [4.69, 9.17) is 0 Å². The van der Waals surface area contributed by atoms with Crippen LogP contribution < -0.4 is 10.0 Å². The second-order valence-electron chi connectivity index (χ2n) is 7.64. The highest BCUT2D eigenvalue weighted by Gasteiger charge is 2.22. The lowest BCUT2D eigenvalue weighted by atomic mass is 9.92. The number of benzene rings is 2. The first kappa shape index (κ1) is 20.7. The van der Waals surface area contributed by atoms with Gasteiger partial charge in [0, 0.05) is 31.4 Å². The Morgan fingerprint density at radius 3 is 2.80 bits per heavy atom. The molecule has 0 amide bonds. The van der Waals surface area contributed by atoms with Gasteiger partial charge in [-0.25, -0.2) is 22.5 Å². The fourth-order valence-electron chi connectivity index (χ4n) is 3.83. The molecule has 1 aromatic heterocycles. The topological polar surface area (TPSA) is 76.0 Å². The zero-order valence-electron chi connectivity index (χ0n) is 16.8.